The van der Waals surface area contributed by atoms with Crippen molar-refractivity contribution in [1.82, 2.24) is 15.0 Å². The van der Waals surface area contributed by atoms with Gasteiger partial charge < -0.3 is 0 Å². The zero-order valence-electron chi connectivity index (χ0n) is 20.1. The first-order chi connectivity index (χ1) is 18.4. The second-order valence-electron chi connectivity index (χ2n) is 8.53. The second kappa shape index (κ2) is 10.7. The minimum Gasteiger partial charge on any atom is -0.256 e. The Morgan fingerprint density at radius 2 is 0.622 bits per heavy atom. The van der Waals surface area contributed by atoms with Crippen LogP contribution in [-0.2, 0) is 0 Å². The van der Waals surface area contributed by atoms with Crippen molar-refractivity contribution >= 4 is 23.8 Å². The van der Waals surface area contributed by atoms with Gasteiger partial charge in [0.05, 0.1) is 17.1 Å². The van der Waals surface area contributed by atoms with E-state index in [2.05, 4.69) is 91.0 Å². The van der Waals surface area contributed by atoms with E-state index >= 15 is 0 Å². The summed E-state index contributed by atoms with van der Waals surface area (Å²) in [5.41, 5.74) is 6.33. The van der Waals surface area contributed by atoms with Crippen molar-refractivity contribution in [2.24, 2.45) is 0 Å². The molecule has 0 saturated carbocycles. The van der Waals surface area contributed by atoms with E-state index in [1.807, 2.05) is 55.0 Å². The van der Waals surface area contributed by atoms with Gasteiger partial charge in [0.1, 0.15) is 0 Å². The average molecular weight is 494 g/mol. The van der Waals surface area contributed by atoms with Crippen molar-refractivity contribution in [3.05, 3.63) is 146 Å². The molecule has 0 bridgehead atoms. The van der Waals surface area contributed by atoms with Gasteiger partial charge in [0.2, 0.25) is 0 Å². The van der Waals surface area contributed by atoms with Crippen LogP contribution in [0.1, 0.15) is 0 Å². The summed E-state index contributed by atoms with van der Waals surface area (Å²) in [5.74, 6) is 0. The Kier molecular flexibility index (Phi) is 6.62. The maximum absolute atomic E-state index is 4.73. The van der Waals surface area contributed by atoms with Crippen molar-refractivity contribution in [2.45, 2.75) is 0 Å². The zero-order valence-corrected chi connectivity index (χ0v) is 21.0. The van der Waals surface area contributed by atoms with Crippen LogP contribution < -0.4 is 15.9 Å². The highest BCUT2D eigenvalue weighted by molar-refractivity contribution is 7.80. The molecule has 4 heteroatoms. The number of aromatic nitrogens is 3. The highest BCUT2D eigenvalue weighted by Gasteiger charge is 2.26. The number of benzene rings is 3. The molecule has 0 atom stereocenters. The van der Waals surface area contributed by atoms with Gasteiger partial charge in [-0.05, 0) is 60.2 Å². The molecular weight excluding hydrogens is 469 g/mol. The summed E-state index contributed by atoms with van der Waals surface area (Å²) in [6.07, 6.45) is 5.58. The largest absolute Gasteiger partial charge is 0.256 e. The molecule has 0 saturated heterocycles. The molecule has 37 heavy (non-hydrogen) atoms. The van der Waals surface area contributed by atoms with Crippen molar-refractivity contribution < 1.29 is 0 Å². The molecule has 0 fully saturated rings. The molecule has 0 spiro atoms. The van der Waals surface area contributed by atoms with E-state index in [1.165, 1.54) is 15.9 Å². The lowest BCUT2D eigenvalue weighted by atomic mass is 10.1. The Morgan fingerprint density at radius 1 is 0.324 bits per heavy atom. The molecule has 0 aliphatic rings. The fourth-order valence-corrected chi connectivity index (χ4v) is 7.39. The first kappa shape index (κ1) is 23.0. The summed E-state index contributed by atoms with van der Waals surface area (Å²) in [7, 11) is -0.999. The molecule has 0 N–H and O–H groups in total. The Balaban J connectivity index is 1.66. The Bertz CT molecular complexity index is 1420. The van der Waals surface area contributed by atoms with E-state index in [4.69, 9.17) is 15.0 Å². The highest BCUT2D eigenvalue weighted by Crippen LogP contribution is 2.42. The summed E-state index contributed by atoms with van der Waals surface area (Å²) < 4.78 is 0. The molecule has 0 aliphatic heterocycles. The average Bonchev–Trinajstić information content (AvgIpc) is 2.99. The smallest absolute Gasteiger partial charge is 0.0708 e. The fourth-order valence-electron chi connectivity index (χ4n) is 4.61. The van der Waals surface area contributed by atoms with Crippen LogP contribution in [0, 0.1) is 0 Å². The van der Waals surface area contributed by atoms with Gasteiger partial charge in [0.25, 0.3) is 0 Å². The van der Waals surface area contributed by atoms with Gasteiger partial charge in [0, 0.05) is 35.3 Å². The molecule has 0 amide bonds. The van der Waals surface area contributed by atoms with Crippen LogP contribution >= 0.6 is 7.92 Å². The predicted octanol–water partition coefficient (Wildman–Crippen LogP) is 6.63. The molecule has 3 aromatic carbocycles. The number of rotatable bonds is 6. The van der Waals surface area contributed by atoms with Crippen molar-refractivity contribution in [3.63, 3.8) is 0 Å². The summed E-state index contributed by atoms with van der Waals surface area (Å²) in [5, 5.41) is 3.76. The summed E-state index contributed by atoms with van der Waals surface area (Å²) in [4.78, 5) is 14.2. The van der Waals surface area contributed by atoms with E-state index in [0.29, 0.717) is 0 Å². The Hall–Kier alpha value is -4.46. The van der Waals surface area contributed by atoms with Gasteiger partial charge in [0.15, 0.2) is 0 Å². The Morgan fingerprint density at radius 3 is 0.919 bits per heavy atom. The van der Waals surface area contributed by atoms with E-state index in [-0.39, 0.29) is 0 Å². The second-order valence-corrected chi connectivity index (χ2v) is 10.6. The quantitative estimate of drug-likeness (QED) is 0.245. The van der Waals surface area contributed by atoms with Crippen molar-refractivity contribution in [2.75, 3.05) is 0 Å². The monoisotopic (exact) mass is 493 g/mol. The van der Waals surface area contributed by atoms with Gasteiger partial charge in [-0.3, -0.25) is 15.0 Å². The van der Waals surface area contributed by atoms with Crippen LogP contribution in [0.3, 0.4) is 0 Å². The molecule has 3 nitrogen and oxygen atoms in total. The normalized spacial score (nSPS) is 10.9. The van der Waals surface area contributed by atoms with Crippen molar-refractivity contribution in [3.8, 4) is 33.8 Å². The highest BCUT2D eigenvalue weighted by atomic mass is 31.1. The molecular formula is C33H24N3P. The van der Waals surface area contributed by atoms with E-state index in [9.17, 15) is 0 Å². The lowest BCUT2D eigenvalue weighted by molar-refractivity contribution is 1.33. The molecule has 6 aromatic rings. The van der Waals surface area contributed by atoms with Gasteiger partial charge in [-0.1, -0.05) is 91.0 Å². The van der Waals surface area contributed by atoms with E-state index in [0.717, 1.165) is 33.8 Å². The molecule has 3 aromatic heterocycles. The lowest BCUT2D eigenvalue weighted by Gasteiger charge is -2.26. The number of hydrogen-bond acceptors (Lipinski definition) is 3. The lowest BCUT2D eigenvalue weighted by Crippen LogP contribution is -2.25. The SMILES string of the molecule is c1ccc(-c2ccccc2P(c2ccccc2-c2ccccn2)c2ccccc2-c2ccccn2)nc1. The zero-order chi connectivity index (χ0) is 24.9. The standard InChI is InChI=1S/C33H24N3P/c1-4-19-31(25(13-1)28-16-7-10-22-34-28)37(32-20-5-2-14-26(32)29-17-8-11-23-35-29)33-21-6-3-15-27(33)30-18-9-12-24-36-30/h1-24H. The Labute approximate surface area is 218 Å². The number of nitrogens with zero attached hydrogens (tertiary/aromatic N) is 3. The van der Waals surface area contributed by atoms with E-state index in [1.54, 1.807) is 0 Å². The van der Waals surface area contributed by atoms with Crippen LogP contribution in [0.5, 0.6) is 0 Å². The van der Waals surface area contributed by atoms with Crippen LogP contribution in [0.4, 0.5) is 0 Å². The van der Waals surface area contributed by atoms with Gasteiger partial charge >= 0.3 is 0 Å². The van der Waals surface area contributed by atoms with E-state index < -0.39 is 7.92 Å². The van der Waals surface area contributed by atoms with Crippen LogP contribution in [-0.4, -0.2) is 15.0 Å². The topological polar surface area (TPSA) is 38.7 Å². The summed E-state index contributed by atoms with van der Waals surface area (Å²) >= 11 is 0. The van der Waals surface area contributed by atoms with Crippen LogP contribution in [0.25, 0.3) is 33.8 Å². The summed E-state index contributed by atoms with van der Waals surface area (Å²) in [6.45, 7) is 0. The van der Waals surface area contributed by atoms with Gasteiger partial charge in [-0.2, -0.15) is 0 Å². The molecule has 176 valence electrons. The summed E-state index contributed by atoms with van der Waals surface area (Å²) in [6, 6.07) is 44.2. The predicted molar refractivity (Wildman–Crippen MR) is 155 cm³/mol. The maximum atomic E-state index is 4.73. The third-order valence-electron chi connectivity index (χ3n) is 6.26. The van der Waals surface area contributed by atoms with Gasteiger partial charge in [-0.25, -0.2) is 0 Å². The molecule has 0 unspecified atom stereocenters. The first-order valence-electron chi connectivity index (χ1n) is 12.2. The molecule has 0 radical (unpaired) electrons. The van der Waals surface area contributed by atoms with Crippen molar-refractivity contribution in [1.29, 1.82) is 0 Å². The number of pyridine rings is 3. The molecule has 0 aliphatic carbocycles. The third kappa shape index (κ3) is 4.70. The van der Waals surface area contributed by atoms with Crippen LogP contribution in [0.2, 0.25) is 0 Å². The molecule has 6 rings (SSSR count). The fraction of sp³-hybridized carbons (Fsp3) is 0. The minimum absolute atomic E-state index is 0.969. The van der Waals surface area contributed by atoms with Crippen LogP contribution in [0.15, 0.2) is 146 Å². The first-order valence-corrected chi connectivity index (χ1v) is 13.6. The third-order valence-corrected chi connectivity index (χ3v) is 8.87. The maximum Gasteiger partial charge on any atom is 0.0708 e. The number of hydrogen-bond donors (Lipinski definition) is 0. The van der Waals surface area contributed by atoms with Gasteiger partial charge in [-0.15, -0.1) is 0 Å². The minimum atomic E-state index is -0.999. The molecule has 3 heterocycles.